The van der Waals surface area contributed by atoms with Crippen LogP contribution in [-0.4, -0.2) is 90.0 Å². The summed E-state index contributed by atoms with van der Waals surface area (Å²) in [6, 6.07) is 17.5. The van der Waals surface area contributed by atoms with Crippen LogP contribution in [0.4, 0.5) is 0 Å². The molecule has 4 heterocycles. The highest BCUT2D eigenvalue weighted by Gasteiger charge is 2.29. The van der Waals surface area contributed by atoms with Gasteiger partial charge in [-0.25, -0.2) is 9.97 Å². The number of ether oxygens (including phenoxy) is 2. The van der Waals surface area contributed by atoms with Gasteiger partial charge in [-0.1, -0.05) is 24.3 Å². The average molecular weight is 586 g/mol. The number of piperazine rings is 1. The van der Waals surface area contributed by atoms with E-state index in [0.717, 1.165) is 54.1 Å². The number of carbonyl (C=O) groups excluding carboxylic acids is 2. The quantitative estimate of drug-likeness (QED) is 0.311. The van der Waals surface area contributed by atoms with Gasteiger partial charge in [-0.3, -0.25) is 14.5 Å². The molecule has 0 saturated carbocycles. The maximum atomic E-state index is 13.3. The molecular weight excluding hydrogens is 550 g/mol. The molecule has 2 amide bonds. The van der Waals surface area contributed by atoms with E-state index < -0.39 is 0 Å². The number of para-hydroxylation sites is 1. The van der Waals surface area contributed by atoms with Crippen LogP contribution in [0, 0.1) is 0 Å². The predicted molar refractivity (Wildman–Crippen MR) is 162 cm³/mol. The van der Waals surface area contributed by atoms with Gasteiger partial charge in [0.2, 0.25) is 0 Å². The van der Waals surface area contributed by atoms with Gasteiger partial charge >= 0.3 is 0 Å². The van der Waals surface area contributed by atoms with Crippen molar-refractivity contribution >= 4 is 34.1 Å². The van der Waals surface area contributed by atoms with E-state index >= 15 is 0 Å². The molecular formula is C32H35N5O4S. The molecule has 0 N–H and O–H groups in total. The number of aromatic nitrogens is 2. The molecule has 9 nitrogen and oxygen atoms in total. The first-order chi connectivity index (χ1) is 20.5. The Morgan fingerprint density at radius 3 is 2.24 bits per heavy atom. The summed E-state index contributed by atoms with van der Waals surface area (Å²) in [5.74, 6) is 1.66. The van der Waals surface area contributed by atoms with E-state index in [9.17, 15) is 9.59 Å². The van der Waals surface area contributed by atoms with Crippen LogP contribution in [0.2, 0.25) is 0 Å². The number of piperidine rings is 1. The van der Waals surface area contributed by atoms with Gasteiger partial charge in [0.25, 0.3) is 11.8 Å². The second kappa shape index (κ2) is 12.5. The van der Waals surface area contributed by atoms with Gasteiger partial charge in [0.15, 0.2) is 0 Å². The minimum absolute atomic E-state index is 0.00513. The lowest BCUT2D eigenvalue weighted by Gasteiger charge is -2.34. The molecule has 0 radical (unpaired) electrons. The fraction of sp³-hybridized carbons (Fsp3) is 0.375. The van der Waals surface area contributed by atoms with Gasteiger partial charge in [-0.2, -0.15) is 0 Å². The van der Waals surface area contributed by atoms with Crippen molar-refractivity contribution in [2.45, 2.75) is 25.3 Å². The molecule has 10 heteroatoms. The van der Waals surface area contributed by atoms with Gasteiger partial charge in [0, 0.05) is 68.6 Å². The van der Waals surface area contributed by atoms with Crippen LogP contribution in [0.5, 0.6) is 11.5 Å². The van der Waals surface area contributed by atoms with E-state index in [1.165, 1.54) is 5.56 Å². The zero-order valence-electron chi connectivity index (χ0n) is 24.0. The smallest absolute Gasteiger partial charge is 0.273 e. The number of fused-ring (bicyclic) bond motifs is 1. The number of pyridine rings is 1. The molecule has 2 aromatic heterocycles. The lowest BCUT2D eigenvalue weighted by molar-refractivity contribution is 0.0623. The molecule has 0 spiro atoms. The van der Waals surface area contributed by atoms with Gasteiger partial charge < -0.3 is 19.3 Å². The summed E-state index contributed by atoms with van der Waals surface area (Å²) in [4.78, 5) is 42.1. The van der Waals surface area contributed by atoms with E-state index in [2.05, 4.69) is 22.0 Å². The van der Waals surface area contributed by atoms with Crippen molar-refractivity contribution in [3.05, 3.63) is 81.9 Å². The number of amides is 2. The molecule has 4 aromatic rings. The molecule has 2 fully saturated rings. The highest BCUT2D eigenvalue weighted by Crippen LogP contribution is 2.32. The monoisotopic (exact) mass is 585 g/mol. The number of rotatable bonds is 7. The van der Waals surface area contributed by atoms with Crippen LogP contribution in [-0.2, 0) is 6.54 Å². The topological polar surface area (TPSA) is 88.1 Å². The third-order valence-corrected chi connectivity index (χ3v) is 9.22. The van der Waals surface area contributed by atoms with Crippen LogP contribution in [0.25, 0.3) is 10.9 Å². The minimum Gasteiger partial charge on any atom is -0.497 e. The number of methoxy groups -OCH3 is 2. The van der Waals surface area contributed by atoms with Crippen molar-refractivity contribution in [1.29, 1.82) is 0 Å². The van der Waals surface area contributed by atoms with Gasteiger partial charge in [0.1, 0.15) is 22.9 Å². The molecule has 2 aliphatic heterocycles. The standard InChI is InChI=1S/C32H35N5O4S/c1-40-24-9-7-22(8-10-24)20-35-15-17-37(18-16-35)32(39)28-21-42-30(34-28)23-11-13-36(14-12-23)31(38)27-19-29(41-2)25-5-3-4-6-26(25)33-27/h3-10,19,21,23H,11-18,20H2,1-2H3. The van der Waals surface area contributed by atoms with Crippen molar-refractivity contribution in [3.8, 4) is 11.5 Å². The summed E-state index contributed by atoms with van der Waals surface area (Å²) in [6.45, 7) is 5.15. The first-order valence-corrected chi connectivity index (χ1v) is 15.2. The van der Waals surface area contributed by atoms with E-state index in [0.29, 0.717) is 43.3 Å². The Hall–Kier alpha value is -4.02. The van der Waals surface area contributed by atoms with Crippen LogP contribution >= 0.6 is 11.3 Å². The molecule has 2 aliphatic rings. The molecule has 2 saturated heterocycles. The van der Waals surface area contributed by atoms with Crippen molar-refractivity contribution in [2.75, 3.05) is 53.5 Å². The van der Waals surface area contributed by atoms with Crippen molar-refractivity contribution in [3.63, 3.8) is 0 Å². The molecule has 0 bridgehead atoms. The number of hydrogen-bond donors (Lipinski definition) is 0. The highest BCUT2D eigenvalue weighted by atomic mass is 32.1. The summed E-state index contributed by atoms with van der Waals surface area (Å²) in [5.41, 5.74) is 2.91. The summed E-state index contributed by atoms with van der Waals surface area (Å²) in [5, 5.41) is 3.76. The fourth-order valence-electron chi connectivity index (χ4n) is 5.75. The minimum atomic E-state index is -0.0846. The lowest BCUT2D eigenvalue weighted by Crippen LogP contribution is -2.48. The molecule has 0 aliphatic carbocycles. The van der Waals surface area contributed by atoms with Gasteiger partial charge in [-0.15, -0.1) is 11.3 Å². The first kappa shape index (κ1) is 28.1. The van der Waals surface area contributed by atoms with Crippen molar-refractivity contribution < 1.29 is 19.1 Å². The predicted octanol–water partition coefficient (Wildman–Crippen LogP) is 4.69. The third-order valence-electron chi connectivity index (χ3n) is 8.21. The number of nitrogens with zero attached hydrogens (tertiary/aromatic N) is 5. The fourth-order valence-corrected chi connectivity index (χ4v) is 6.71. The second-order valence-electron chi connectivity index (χ2n) is 10.8. The maximum Gasteiger partial charge on any atom is 0.273 e. The van der Waals surface area contributed by atoms with E-state index in [1.807, 2.05) is 51.6 Å². The van der Waals surface area contributed by atoms with Crippen LogP contribution in [0.1, 0.15) is 50.3 Å². The van der Waals surface area contributed by atoms with Gasteiger partial charge in [0.05, 0.1) is 24.7 Å². The largest absolute Gasteiger partial charge is 0.497 e. The summed E-state index contributed by atoms with van der Waals surface area (Å²) in [6.07, 6.45) is 1.61. The Morgan fingerprint density at radius 1 is 0.833 bits per heavy atom. The van der Waals surface area contributed by atoms with Crippen molar-refractivity contribution in [2.24, 2.45) is 0 Å². The molecule has 218 valence electrons. The molecule has 0 unspecified atom stereocenters. The molecule has 0 atom stereocenters. The Morgan fingerprint density at radius 2 is 1.52 bits per heavy atom. The maximum absolute atomic E-state index is 13.3. The number of carbonyl (C=O) groups is 2. The van der Waals surface area contributed by atoms with Crippen LogP contribution < -0.4 is 9.47 Å². The molecule has 42 heavy (non-hydrogen) atoms. The van der Waals surface area contributed by atoms with Gasteiger partial charge in [-0.05, 0) is 42.7 Å². The molecule has 6 rings (SSSR count). The number of hydrogen-bond acceptors (Lipinski definition) is 8. The normalized spacial score (nSPS) is 16.5. The number of thiazole rings is 1. The SMILES string of the molecule is COc1ccc(CN2CCN(C(=O)c3csc(C4CCN(C(=O)c5cc(OC)c6ccccc6n5)CC4)n3)CC2)cc1. The lowest BCUT2D eigenvalue weighted by atomic mass is 9.97. The molecule has 2 aromatic carbocycles. The van der Waals surface area contributed by atoms with E-state index in [4.69, 9.17) is 14.5 Å². The Kier molecular flexibility index (Phi) is 8.34. The third kappa shape index (κ3) is 5.96. The number of likely N-dealkylation sites (tertiary alicyclic amines) is 1. The van der Waals surface area contributed by atoms with Crippen molar-refractivity contribution in [1.82, 2.24) is 24.7 Å². The van der Waals surface area contributed by atoms with Crippen LogP contribution in [0.3, 0.4) is 0 Å². The summed E-state index contributed by atoms with van der Waals surface area (Å²) in [7, 11) is 3.28. The summed E-state index contributed by atoms with van der Waals surface area (Å²) >= 11 is 1.55. The van der Waals surface area contributed by atoms with Crippen LogP contribution in [0.15, 0.2) is 60.0 Å². The highest BCUT2D eigenvalue weighted by molar-refractivity contribution is 7.09. The zero-order chi connectivity index (χ0) is 29.1. The Labute approximate surface area is 249 Å². The second-order valence-corrected chi connectivity index (χ2v) is 11.7. The van der Waals surface area contributed by atoms with E-state index in [-0.39, 0.29) is 17.7 Å². The summed E-state index contributed by atoms with van der Waals surface area (Å²) < 4.78 is 10.8. The Balaban J connectivity index is 1.01. The number of benzene rings is 2. The Bertz CT molecular complexity index is 1560. The van der Waals surface area contributed by atoms with E-state index in [1.54, 1.807) is 31.6 Å². The first-order valence-electron chi connectivity index (χ1n) is 14.4. The zero-order valence-corrected chi connectivity index (χ0v) is 24.8. The average Bonchev–Trinajstić information content (AvgIpc) is 3.55.